The van der Waals surface area contributed by atoms with Crippen molar-refractivity contribution in [2.45, 2.75) is 12.8 Å². The number of methoxy groups -OCH3 is 1. The zero-order chi connectivity index (χ0) is 16.9. The minimum Gasteiger partial charge on any atom is -0.497 e. The summed E-state index contributed by atoms with van der Waals surface area (Å²) in [6.45, 7) is 2.01. The predicted octanol–water partition coefficient (Wildman–Crippen LogP) is 3.04. The Morgan fingerprint density at radius 2 is 1.83 bits per heavy atom. The summed E-state index contributed by atoms with van der Waals surface area (Å²) < 4.78 is 5.32. The van der Waals surface area contributed by atoms with E-state index in [9.17, 15) is 4.79 Å². The normalized spacial score (nSPS) is 13.8. The fraction of sp³-hybridized carbons (Fsp3) is 0.316. The lowest BCUT2D eigenvalue weighted by molar-refractivity contribution is -0.128. The number of hydrogen-bond acceptors (Lipinski definition) is 4. The first-order valence-corrected chi connectivity index (χ1v) is 8.22. The molecule has 2 aromatic rings. The van der Waals surface area contributed by atoms with E-state index in [2.05, 4.69) is 0 Å². The van der Waals surface area contributed by atoms with E-state index in [1.807, 2.05) is 58.3 Å². The molecule has 2 N–H and O–H groups in total. The van der Waals surface area contributed by atoms with Gasteiger partial charge in [-0.25, -0.2) is 0 Å². The summed E-state index contributed by atoms with van der Waals surface area (Å²) in [5.41, 5.74) is 8.36. The maximum atomic E-state index is 12.7. The van der Waals surface area contributed by atoms with E-state index in [-0.39, 0.29) is 5.91 Å². The zero-order valence-electron chi connectivity index (χ0n) is 13.9. The first kappa shape index (κ1) is 16.2. The molecule has 1 aliphatic heterocycles. The number of benzene rings is 2. The summed E-state index contributed by atoms with van der Waals surface area (Å²) in [6.07, 6.45) is 2.18. The van der Waals surface area contributed by atoms with Crippen molar-refractivity contribution in [2.75, 3.05) is 37.4 Å². The van der Waals surface area contributed by atoms with Crippen molar-refractivity contribution in [3.63, 3.8) is 0 Å². The van der Waals surface area contributed by atoms with E-state index in [4.69, 9.17) is 10.5 Å². The fourth-order valence-electron chi connectivity index (χ4n) is 2.97. The van der Waals surface area contributed by atoms with Gasteiger partial charge >= 0.3 is 0 Å². The zero-order valence-corrected chi connectivity index (χ0v) is 13.9. The van der Waals surface area contributed by atoms with Gasteiger partial charge in [0.1, 0.15) is 12.3 Å². The van der Waals surface area contributed by atoms with Crippen LogP contribution in [-0.4, -0.2) is 37.6 Å². The first-order chi connectivity index (χ1) is 11.7. The maximum absolute atomic E-state index is 12.7. The lowest BCUT2D eigenvalue weighted by atomic mass is 10.2. The third kappa shape index (κ3) is 3.62. The molecule has 5 heteroatoms. The number of carbonyl (C=O) groups excluding carboxylic acids is 1. The number of nitrogens with two attached hydrogens (primary N) is 1. The second-order valence-corrected chi connectivity index (χ2v) is 5.97. The Morgan fingerprint density at radius 1 is 1.12 bits per heavy atom. The van der Waals surface area contributed by atoms with Crippen LogP contribution in [0.15, 0.2) is 48.5 Å². The van der Waals surface area contributed by atoms with Crippen LogP contribution in [0.1, 0.15) is 12.8 Å². The number of nitrogen functional groups attached to an aromatic ring is 1. The monoisotopic (exact) mass is 325 g/mol. The molecule has 1 aliphatic rings. The van der Waals surface area contributed by atoms with Gasteiger partial charge in [0, 0.05) is 36.2 Å². The minimum absolute atomic E-state index is 0.146. The molecule has 0 bridgehead atoms. The van der Waals surface area contributed by atoms with Gasteiger partial charge in [-0.15, -0.1) is 0 Å². The Bertz CT molecular complexity index is 694. The molecular weight excluding hydrogens is 302 g/mol. The van der Waals surface area contributed by atoms with Gasteiger partial charge in [-0.05, 0) is 49.2 Å². The Kier molecular flexibility index (Phi) is 4.89. The molecule has 5 nitrogen and oxygen atoms in total. The Hall–Kier alpha value is -2.69. The van der Waals surface area contributed by atoms with E-state index < -0.39 is 0 Å². The first-order valence-electron chi connectivity index (χ1n) is 8.22. The molecule has 3 rings (SSSR count). The van der Waals surface area contributed by atoms with Crippen LogP contribution in [0.3, 0.4) is 0 Å². The molecule has 0 radical (unpaired) electrons. The van der Waals surface area contributed by atoms with Crippen LogP contribution in [0.5, 0.6) is 5.75 Å². The summed E-state index contributed by atoms with van der Waals surface area (Å²) in [6, 6.07) is 15.3. The van der Waals surface area contributed by atoms with Crippen LogP contribution in [-0.2, 0) is 4.79 Å². The molecule has 24 heavy (non-hydrogen) atoms. The summed E-state index contributed by atoms with van der Waals surface area (Å²) in [5.74, 6) is 0.911. The highest BCUT2D eigenvalue weighted by Gasteiger charge is 2.22. The smallest absolute Gasteiger partial charge is 0.242 e. The maximum Gasteiger partial charge on any atom is 0.242 e. The molecule has 1 heterocycles. The number of rotatable bonds is 5. The quantitative estimate of drug-likeness (QED) is 0.859. The van der Waals surface area contributed by atoms with Crippen molar-refractivity contribution in [3.8, 4) is 5.75 Å². The highest BCUT2D eigenvalue weighted by atomic mass is 16.5. The number of likely N-dealkylation sites (tertiary alicyclic amines) is 1. The van der Waals surface area contributed by atoms with E-state index in [0.29, 0.717) is 12.2 Å². The number of carbonyl (C=O) groups is 1. The Labute approximate surface area is 142 Å². The number of nitrogens with zero attached hydrogens (tertiary/aromatic N) is 2. The second kappa shape index (κ2) is 7.25. The van der Waals surface area contributed by atoms with Crippen molar-refractivity contribution in [1.82, 2.24) is 4.90 Å². The third-order valence-corrected chi connectivity index (χ3v) is 4.32. The van der Waals surface area contributed by atoms with Crippen LogP contribution >= 0.6 is 0 Å². The van der Waals surface area contributed by atoms with Crippen LogP contribution in [0, 0.1) is 0 Å². The highest BCUT2D eigenvalue weighted by molar-refractivity contribution is 5.85. The van der Waals surface area contributed by atoms with Crippen molar-refractivity contribution in [2.24, 2.45) is 0 Å². The number of hydrogen-bond donors (Lipinski definition) is 1. The van der Waals surface area contributed by atoms with Gasteiger partial charge in [-0.2, -0.15) is 0 Å². The summed E-state index contributed by atoms with van der Waals surface area (Å²) in [4.78, 5) is 16.6. The topological polar surface area (TPSA) is 58.8 Å². The number of amides is 1. The number of ether oxygens (including phenoxy) is 1. The molecule has 2 aromatic carbocycles. The lowest BCUT2D eigenvalue weighted by Gasteiger charge is -2.27. The van der Waals surface area contributed by atoms with Gasteiger partial charge in [0.15, 0.2) is 0 Å². The molecule has 1 saturated heterocycles. The van der Waals surface area contributed by atoms with E-state index in [0.717, 1.165) is 43.1 Å². The van der Waals surface area contributed by atoms with Gasteiger partial charge in [0.05, 0.1) is 7.11 Å². The lowest BCUT2D eigenvalue weighted by Crippen LogP contribution is -2.37. The summed E-state index contributed by atoms with van der Waals surface area (Å²) in [7, 11) is 1.64. The van der Waals surface area contributed by atoms with E-state index in [1.165, 1.54) is 0 Å². The average molecular weight is 325 g/mol. The van der Waals surface area contributed by atoms with Gasteiger partial charge in [0.2, 0.25) is 5.91 Å². The Morgan fingerprint density at radius 3 is 2.50 bits per heavy atom. The SMILES string of the molecule is COc1cccc(N(CC(=O)N2CCCC2)c2ccc(N)cc2)c1. The molecule has 0 aliphatic carbocycles. The van der Waals surface area contributed by atoms with Crippen LogP contribution in [0.4, 0.5) is 17.1 Å². The molecule has 1 fully saturated rings. The van der Waals surface area contributed by atoms with Gasteiger partial charge in [-0.1, -0.05) is 6.07 Å². The van der Waals surface area contributed by atoms with Crippen LogP contribution < -0.4 is 15.4 Å². The van der Waals surface area contributed by atoms with E-state index >= 15 is 0 Å². The minimum atomic E-state index is 0.146. The van der Waals surface area contributed by atoms with Crippen LogP contribution in [0.2, 0.25) is 0 Å². The van der Waals surface area contributed by atoms with E-state index in [1.54, 1.807) is 7.11 Å². The molecule has 0 saturated carbocycles. The molecule has 1 amide bonds. The summed E-state index contributed by atoms with van der Waals surface area (Å²) in [5, 5.41) is 0. The predicted molar refractivity (Wildman–Crippen MR) is 96.7 cm³/mol. The Balaban J connectivity index is 1.90. The van der Waals surface area contributed by atoms with Gasteiger partial charge in [0.25, 0.3) is 0 Å². The van der Waals surface area contributed by atoms with Crippen molar-refractivity contribution in [1.29, 1.82) is 0 Å². The molecule has 126 valence electrons. The fourth-order valence-corrected chi connectivity index (χ4v) is 2.97. The highest BCUT2D eigenvalue weighted by Crippen LogP contribution is 2.29. The van der Waals surface area contributed by atoms with Gasteiger partial charge < -0.3 is 20.3 Å². The van der Waals surface area contributed by atoms with Crippen LogP contribution in [0.25, 0.3) is 0 Å². The molecular formula is C19H23N3O2. The van der Waals surface area contributed by atoms with Crippen molar-refractivity contribution >= 4 is 23.0 Å². The second-order valence-electron chi connectivity index (χ2n) is 5.97. The molecule has 0 aromatic heterocycles. The number of anilines is 3. The molecule has 0 atom stereocenters. The van der Waals surface area contributed by atoms with Gasteiger partial charge in [-0.3, -0.25) is 4.79 Å². The van der Waals surface area contributed by atoms with Crippen molar-refractivity contribution < 1.29 is 9.53 Å². The molecule has 0 spiro atoms. The largest absolute Gasteiger partial charge is 0.497 e. The standard InChI is InChI=1S/C19H23N3O2/c1-24-18-6-4-5-17(13-18)22(16-9-7-15(20)8-10-16)14-19(23)21-11-2-3-12-21/h4-10,13H,2-3,11-12,14,20H2,1H3. The van der Waals surface area contributed by atoms with Crippen molar-refractivity contribution in [3.05, 3.63) is 48.5 Å². The summed E-state index contributed by atoms with van der Waals surface area (Å²) >= 11 is 0. The third-order valence-electron chi connectivity index (χ3n) is 4.32. The molecule has 0 unspecified atom stereocenters. The average Bonchev–Trinajstić information content (AvgIpc) is 3.15.